The molecule has 0 unspecified atom stereocenters. The molecule has 8 heteroatoms. The van der Waals surface area contributed by atoms with Crippen molar-refractivity contribution in [2.24, 2.45) is 0 Å². The predicted molar refractivity (Wildman–Crippen MR) is 56.2 cm³/mol. The summed E-state index contributed by atoms with van der Waals surface area (Å²) in [5.41, 5.74) is 0.288. The molecule has 0 saturated heterocycles. The summed E-state index contributed by atoms with van der Waals surface area (Å²) in [6.45, 7) is -0.665. The highest BCUT2D eigenvalue weighted by atomic mass is 35.5. The van der Waals surface area contributed by atoms with E-state index in [2.05, 4.69) is 16.3 Å². The molecule has 0 aliphatic carbocycles. The van der Waals surface area contributed by atoms with Crippen LogP contribution in [0, 0.1) is 0 Å². The van der Waals surface area contributed by atoms with Crippen LogP contribution in [0.2, 0.25) is 0 Å². The van der Waals surface area contributed by atoms with Crippen molar-refractivity contribution in [3.63, 3.8) is 0 Å². The second kappa shape index (κ2) is 5.73. The quantitative estimate of drug-likeness (QED) is 0.577. The average Bonchev–Trinajstić information content (AvgIpc) is 2.27. The Hall–Kier alpha value is -1.37. The molecule has 0 aromatic heterocycles. The van der Waals surface area contributed by atoms with E-state index in [9.17, 15) is 26.3 Å². The molecule has 0 spiro atoms. The maximum Gasteiger partial charge on any atom is 0.450 e. The van der Waals surface area contributed by atoms with E-state index in [0.29, 0.717) is 0 Å². The van der Waals surface area contributed by atoms with Crippen molar-refractivity contribution < 1.29 is 31.1 Å². The fourth-order valence-corrected chi connectivity index (χ4v) is 1.29. The Morgan fingerprint density at radius 1 is 0.947 bits per heavy atom. The molecule has 1 nitrogen and oxygen atoms in total. The Morgan fingerprint density at radius 2 is 1.47 bits per heavy atom. The van der Waals surface area contributed by atoms with Gasteiger partial charge in [0.25, 0.3) is 0 Å². The zero-order chi connectivity index (χ0) is 14.7. The van der Waals surface area contributed by atoms with Gasteiger partial charge in [0.1, 0.15) is 6.61 Å². The van der Waals surface area contributed by atoms with Crippen LogP contribution in [0.3, 0.4) is 0 Å². The van der Waals surface area contributed by atoms with E-state index in [1.54, 1.807) is 6.07 Å². The number of hydrogen-bond acceptors (Lipinski definition) is 1. The zero-order valence-corrected chi connectivity index (χ0v) is 9.90. The monoisotopic (exact) mass is 304 g/mol. The first-order valence-electron chi connectivity index (χ1n) is 4.83. The van der Waals surface area contributed by atoms with Crippen LogP contribution in [0.25, 0.3) is 0 Å². The zero-order valence-electron chi connectivity index (χ0n) is 9.15. The minimum absolute atomic E-state index is 0.288. The predicted octanol–water partition coefficient (Wildman–Crippen LogP) is 4.78. The summed E-state index contributed by atoms with van der Waals surface area (Å²) in [4.78, 5) is 0. The molecule has 0 amide bonds. The lowest BCUT2D eigenvalue weighted by molar-refractivity contribution is -0.145. The van der Waals surface area contributed by atoms with E-state index in [4.69, 9.17) is 0 Å². The van der Waals surface area contributed by atoms with Gasteiger partial charge >= 0.3 is 12.4 Å². The number of rotatable bonds is 3. The van der Waals surface area contributed by atoms with Gasteiger partial charge < -0.3 is 4.74 Å². The molecule has 0 heterocycles. The Labute approximate surface area is 109 Å². The normalized spacial score (nSPS) is 14.1. The van der Waals surface area contributed by atoms with Gasteiger partial charge in [-0.05, 0) is 5.56 Å². The standard InChI is InChI=1S/C11H7ClF6O/c12-8(10(13,14)15)9(11(16,17)18)19-6-7-4-2-1-3-5-7/h1-5H,6H2. The summed E-state index contributed by atoms with van der Waals surface area (Å²) in [5.74, 6) is -2.24. The van der Waals surface area contributed by atoms with Gasteiger partial charge in [0, 0.05) is 0 Å². The third-order valence-corrected chi connectivity index (χ3v) is 2.32. The first-order chi connectivity index (χ1) is 8.62. The van der Waals surface area contributed by atoms with E-state index in [0.717, 1.165) is 0 Å². The van der Waals surface area contributed by atoms with Gasteiger partial charge in [0.2, 0.25) is 5.76 Å². The van der Waals surface area contributed by atoms with Crippen molar-refractivity contribution in [1.82, 2.24) is 0 Å². The number of hydrogen-bond donors (Lipinski definition) is 0. The van der Waals surface area contributed by atoms with Crippen LogP contribution in [0.5, 0.6) is 0 Å². The summed E-state index contributed by atoms with van der Waals surface area (Å²) < 4.78 is 78.0. The fraction of sp³-hybridized carbons (Fsp3) is 0.273. The van der Waals surface area contributed by atoms with Crippen LogP contribution in [0.1, 0.15) is 5.56 Å². The minimum Gasteiger partial charge on any atom is -0.483 e. The lowest BCUT2D eigenvalue weighted by atomic mass is 10.2. The molecule has 0 radical (unpaired) electrons. The van der Waals surface area contributed by atoms with Crippen molar-refractivity contribution >= 4 is 11.6 Å². The molecule has 1 aromatic carbocycles. The molecule has 0 bridgehead atoms. The molecular formula is C11H7ClF6O. The van der Waals surface area contributed by atoms with Crippen molar-refractivity contribution in [2.45, 2.75) is 19.0 Å². The van der Waals surface area contributed by atoms with Crippen molar-refractivity contribution in [1.29, 1.82) is 0 Å². The van der Waals surface area contributed by atoms with Gasteiger partial charge in [-0.3, -0.25) is 0 Å². The molecule has 19 heavy (non-hydrogen) atoms. The van der Waals surface area contributed by atoms with Crippen LogP contribution in [0.4, 0.5) is 26.3 Å². The van der Waals surface area contributed by atoms with Gasteiger partial charge in [-0.15, -0.1) is 0 Å². The number of halogens is 7. The molecule has 0 atom stereocenters. The number of allylic oxidation sites excluding steroid dienone is 2. The average molecular weight is 305 g/mol. The summed E-state index contributed by atoms with van der Waals surface area (Å²) in [7, 11) is 0. The highest BCUT2D eigenvalue weighted by Gasteiger charge is 2.47. The van der Waals surface area contributed by atoms with Crippen LogP contribution in [-0.4, -0.2) is 12.4 Å². The van der Waals surface area contributed by atoms with Gasteiger partial charge in [-0.25, -0.2) is 0 Å². The van der Waals surface area contributed by atoms with Crippen LogP contribution in [-0.2, 0) is 11.3 Å². The second-order valence-electron chi connectivity index (χ2n) is 3.41. The van der Waals surface area contributed by atoms with Crippen LogP contribution < -0.4 is 0 Å². The van der Waals surface area contributed by atoms with Crippen molar-refractivity contribution in [3.05, 3.63) is 46.7 Å². The molecule has 0 fully saturated rings. The molecule has 106 valence electrons. The molecule has 1 rings (SSSR count). The first kappa shape index (κ1) is 15.7. The lowest BCUT2D eigenvalue weighted by Crippen LogP contribution is -2.22. The SMILES string of the molecule is FC(F)(F)C(Cl)=C(OCc1ccccc1)C(F)(F)F. The summed E-state index contributed by atoms with van der Waals surface area (Å²) >= 11 is 4.68. The maximum atomic E-state index is 12.4. The third kappa shape index (κ3) is 4.66. The largest absolute Gasteiger partial charge is 0.483 e. The maximum absolute atomic E-state index is 12.4. The van der Waals surface area contributed by atoms with Gasteiger partial charge in [0.15, 0.2) is 5.03 Å². The first-order valence-corrected chi connectivity index (χ1v) is 5.21. The van der Waals surface area contributed by atoms with Gasteiger partial charge in [-0.1, -0.05) is 41.9 Å². The minimum atomic E-state index is -5.32. The topological polar surface area (TPSA) is 9.23 Å². The molecule has 0 aliphatic rings. The third-order valence-electron chi connectivity index (χ3n) is 1.93. The number of benzene rings is 1. The number of alkyl halides is 6. The van der Waals surface area contributed by atoms with Crippen LogP contribution in [0.15, 0.2) is 41.1 Å². The summed E-state index contributed by atoms with van der Waals surface area (Å²) in [6, 6.07) is 7.46. The Bertz CT molecular complexity index is 448. The molecular weight excluding hydrogens is 298 g/mol. The van der Waals surface area contributed by atoms with Crippen molar-refractivity contribution in [3.8, 4) is 0 Å². The Kier molecular flexibility index (Phi) is 4.73. The molecule has 0 N–H and O–H groups in total. The van der Waals surface area contributed by atoms with Crippen LogP contribution >= 0.6 is 11.6 Å². The summed E-state index contributed by atoms with van der Waals surface area (Å²) in [5, 5.41) is -2.32. The van der Waals surface area contributed by atoms with Crippen molar-refractivity contribution in [2.75, 3.05) is 0 Å². The highest BCUT2D eigenvalue weighted by Crippen LogP contribution is 2.39. The van der Waals surface area contributed by atoms with Gasteiger partial charge in [0.05, 0.1) is 0 Å². The number of ether oxygens (including phenoxy) is 1. The molecule has 0 aliphatic heterocycles. The highest BCUT2D eigenvalue weighted by molar-refractivity contribution is 6.30. The molecule has 1 aromatic rings. The van der Waals surface area contributed by atoms with E-state index >= 15 is 0 Å². The van der Waals surface area contributed by atoms with Gasteiger partial charge in [-0.2, -0.15) is 26.3 Å². The fourth-order valence-electron chi connectivity index (χ4n) is 1.13. The van der Waals surface area contributed by atoms with E-state index in [1.807, 2.05) is 0 Å². The second-order valence-corrected chi connectivity index (χ2v) is 3.79. The Morgan fingerprint density at radius 3 is 1.89 bits per heavy atom. The van der Waals surface area contributed by atoms with E-state index in [-0.39, 0.29) is 5.56 Å². The lowest BCUT2D eigenvalue weighted by Gasteiger charge is -2.16. The Balaban J connectivity index is 2.96. The smallest absolute Gasteiger partial charge is 0.450 e. The van der Waals surface area contributed by atoms with E-state index < -0.39 is 29.8 Å². The van der Waals surface area contributed by atoms with E-state index in [1.165, 1.54) is 24.3 Å². The molecule has 0 saturated carbocycles. The summed E-state index contributed by atoms with van der Waals surface area (Å²) in [6.07, 6.45) is -10.6.